The first-order chi connectivity index (χ1) is 9.86. The molecule has 1 heterocycles. The van der Waals surface area contributed by atoms with E-state index in [1.807, 2.05) is 13.8 Å². The largest absolute Gasteiger partial charge is 0.384 e. The summed E-state index contributed by atoms with van der Waals surface area (Å²) in [6.45, 7) is 3.92. The molecule has 1 aromatic carbocycles. The Balaban J connectivity index is 2.28. The SMILES string of the molecule is CC(C)c1cc(C(=O)Nc2ccc(F)cc2Cl)cc(N)n1. The van der Waals surface area contributed by atoms with Crippen LogP contribution in [0, 0.1) is 5.82 Å². The van der Waals surface area contributed by atoms with E-state index in [2.05, 4.69) is 10.3 Å². The normalized spacial score (nSPS) is 10.7. The molecular formula is C15H15ClFN3O. The van der Waals surface area contributed by atoms with Gasteiger partial charge in [0.05, 0.1) is 10.7 Å². The Kier molecular flexibility index (Phi) is 4.43. The number of nitrogens with zero attached hydrogens (tertiary/aromatic N) is 1. The maximum Gasteiger partial charge on any atom is 0.255 e. The van der Waals surface area contributed by atoms with E-state index in [1.165, 1.54) is 18.2 Å². The molecule has 2 rings (SSSR count). The monoisotopic (exact) mass is 307 g/mol. The number of halogens is 2. The van der Waals surface area contributed by atoms with Crippen LogP contribution in [0.2, 0.25) is 5.02 Å². The van der Waals surface area contributed by atoms with Gasteiger partial charge < -0.3 is 11.1 Å². The van der Waals surface area contributed by atoms with Gasteiger partial charge in [-0.1, -0.05) is 25.4 Å². The predicted octanol–water partition coefficient (Wildman–Crippen LogP) is 3.83. The second kappa shape index (κ2) is 6.10. The van der Waals surface area contributed by atoms with Gasteiger partial charge in [0.1, 0.15) is 11.6 Å². The van der Waals surface area contributed by atoms with Crippen LogP contribution in [0.1, 0.15) is 35.8 Å². The molecule has 0 aliphatic rings. The predicted molar refractivity (Wildman–Crippen MR) is 82.1 cm³/mol. The molecule has 0 saturated heterocycles. The Morgan fingerprint density at radius 3 is 2.67 bits per heavy atom. The number of pyridine rings is 1. The lowest BCUT2D eigenvalue weighted by atomic mass is 10.1. The van der Waals surface area contributed by atoms with Crippen LogP contribution in [0.4, 0.5) is 15.9 Å². The van der Waals surface area contributed by atoms with Crippen molar-refractivity contribution in [3.05, 3.63) is 52.4 Å². The van der Waals surface area contributed by atoms with Gasteiger partial charge in [-0.05, 0) is 36.2 Å². The topological polar surface area (TPSA) is 68.0 Å². The third-order valence-corrected chi connectivity index (χ3v) is 3.21. The Labute approximate surface area is 127 Å². The summed E-state index contributed by atoms with van der Waals surface area (Å²) < 4.78 is 13.0. The van der Waals surface area contributed by atoms with Gasteiger partial charge in [-0.25, -0.2) is 9.37 Å². The van der Waals surface area contributed by atoms with Gasteiger partial charge in [0.25, 0.3) is 5.91 Å². The second-order valence-corrected chi connectivity index (χ2v) is 5.35. The fourth-order valence-corrected chi connectivity index (χ4v) is 2.00. The molecule has 0 unspecified atom stereocenters. The number of carbonyl (C=O) groups is 1. The Morgan fingerprint density at radius 2 is 2.05 bits per heavy atom. The zero-order chi connectivity index (χ0) is 15.6. The number of amides is 1. The van der Waals surface area contributed by atoms with E-state index < -0.39 is 5.82 Å². The summed E-state index contributed by atoms with van der Waals surface area (Å²) in [4.78, 5) is 16.4. The minimum atomic E-state index is -0.465. The van der Waals surface area contributed by atoms with Crippen molar-refractivity contribution in [3.8, 4) is 0 Å². The van der Waals surface area contributed by atoms with E-state index in [-0.39, 0.29) is 22.7 Å². The third-order valence-electron chi connectivity index (χ3n) is 2.90. The Morgan fingerprint density at radius 1 is 1.33 bits per heavy atom. The summed E-state index contributed by atoms with van der Waals surface area (Å²) in [5.41, 5.74) is 7.16. The summed E-state index contributed by atoms with van der Waals surface area (Å²) in [5.74, 6) is -0.418. The number of rotatable bonds is 3. The molecular weight excluding hydrogens is 293 g/mol. The zero-order valence-electron chi connectivity index (χ0n) is 11.7. The van der Waals surface area contributed by atoms with E-state index in [1.54, 1.807) is 6.07 Å². The molecule has 0 saturated carbocycles. The van der Waals surface area contributed by atoms with E-state index in [0.29, 0.717) is 11.3 Å². The van der Waals surface area contributed by atoms with Gasteiger partial charge >= 0.3 is 0 Å². The Hall–Kier alpha value is -2.14. The standard InChI is InChI=1S/C15H15ClFN3O/c1-8(2)13-5-9(6-14(18)19-13)15(21)20-12-4-3-10(17)7-11(12)16/h3-8H,1-2H3,(H2,18,19)(H,20,21). The third kappa shape index (κ3) is 3.70. The average molecular weight is 308 g/mol. The highest BCUT2D eigenvalue weighted by Crippen LogP contribution is 2.23. The lowest BCUT2D eigenvalue weighted by Gasteiger charge is -2.10. The van der Waals surface area contributed by atoms with Gasteiger partial charge in [-0.2, -0.15) is 0 Å². The van der Waals surface area contributed by atoms with Crippen molar-refractivity contribution in [2.45, 2.75) is 19.8 Å². The molecule has 0 aliphatic carbocycles. The number of anilines is 2. The van der Waals surface area contributed by atoms with Crippen LogP contribution in [0.5, 0.6) is 0 Å². The molecule has 0 spiro atoms. The molecule has 3 N–H and O–H groups in total. The maximum absolute atomic E-state index is 13.0. The second-order valence-electron chi connectivity index (χ2n) is 4.94. The van der Waals surface area contributed by atoms with Gasteiger partial charge in [-0.15, -0.1) is 0 Å². The summed E-state index contributed by atoms with van der Waals surface area (Å²) in [6, 6.07) is 6.93. The number of nitrogens with two attached hydrogens (primary N) is 1. The minimum Gasteiger partial charge on any atom is -0.384 e. The van der Waals surface area contributed by atoms with Crippen LogP contribution in [-0.2, 0) is 0 Å². The van der Waals surface area contributed by atoms with Crippen molar-refractivity contribution in [2.24, 2.45) is 0 Å². The first-order valence-corrected chi connectivity index (χ1v) is 6.78. The van der Waals surface area contributed by atoms with Gasteiger partial charge in [0, 0.05) is 11.3 Å². The van der Waals surface area contributed by atoms with E-state index in [4.69, 9.17) is 17.3 Å². The zero-order valence-corrected chi connectivity index (χ0v) is 12.4. The summed E-state index contributed by atoms with van der Waals surface area (Å²) in [5, 5.41) is 2.76. The van der Waals surface area contributed by atoms with Crippen LogP contribution < -0.4 is 11.1 Å². The molecule has 0 aliphatic heterocycles. The lowest BCUT2D eigenvalue weighted by molar-refractivity contribution is 0.102. The highest BCUT2D eigenvalue weighted by Gasteiger charge is 2.12. The van der Waals surface area contributed by atoms with Crippen molar-refractivity contribution in [2.75, 3.05) is 11.1 Å². The van der Waals surface area contributed by atoms with E-state index in [9.17, 15) is 9.18 Å². The quantitative estimate of drug-likeness (QED) is 0.905. The van der Waals surface area contributed by atoms with Crippen molar-refractivity contribution in [1.82, 2.24) is 4.98 Å². The smallest absolute Gasteiger partial charge is 0.255 e. The number of benzene rings is 1. The fraction of sp³-hybridized carbons (Fsp3) is 0.200. The van der Waals surface area contributed by atoms with Crippen LogP contribution in [-0.4, -0.2) is 10.9 Å². The van der Waals surface area contributed by atoms with Crippen molar-refractivity contribution < 1.29 is 9.18 Å². The summed E-state index contributed by atoms with van der Waals surface area (Å²) in [7, 11) is 0. The number of aromatic nitrogens is 1. The Bertz CT molecular complexity index is 689. The number of carbonyl (C=O) groups excluding carboxylic acids is 1. The number of hydrogen-bond donors (Lipinski definition) is 2. The summed E-state index contributed by atoms with van der Waals surface area (Å²) in [6.07, 6.45) is 0. The highest BCUT2D eigenvalue weighted by molar-refractivity contribution is 6.33. The van der Waals surface area contributed by atoms with Gasteiger partial charge in [0.15, 0.2) is 0 Å². The fourth-order valence-electron chi connectivity index (χ4n) is 1.79. The molecule has 1 amide bonds. The molecule has 2 aromatic rings. The van der Waals surface area contributed by atoms with Crippen molar-refractivity contribution in [1.29, 1.82) is 0 Å². The molecule has 0 radical (unpaired) electrons. The van der Waals surface area contributed by atoms with Crippen molar-refractivity contribution in [3.63, 3.8) is 0 Å². The molecule has 6 heteroatoms. The van der Waals surface area contributed by atoms with Gasteiger partial charge in [0.2, 0.25) is 0 Å². The van der Waals surface area contributed by atoms with Crippen LogP contribution >= 0.6 is 11.6 Å². The molecule has 0 bridgehead atoms. The maximum atomic E-state index is 13.0. The van der Waals surface area contributed by atoms with Gasteiger partial charge in [-0.3, -0.25) is 4.79 Å². The number of nitrogen functional groups attached to an aromatic ring is 1. The number of hydrogen-bond acceptors (Lipinski definition) is 3. The van der Waals surface area contributed by atoms with Crippen LogP contribution in [0.15, 0.2) is 30.3 Å². The first kappa shape index (κ1) is 15.3. The molecule has 1 aromatic heterocycles. The summed E-state index contributed by atoms with van der Waals surface area (Å²) >= 11 is 5.88. The average Bonchev–Trinajstić information content (AvgIpc) is 2.41. The highest BCUT2D eigenvalue weighted by atomic mass is 35.5. The molecule has 0 fully saturated rings. The van der Waals surface area contributed by atoms with Crippen LogP contribution in [0.3, 0.4) is 0 Å². The van der Waals surface area contributed by atoms with Crippen molar-refractivity contribution >= 4 is 29.0 Å². The molecule has 4 nitrogen and oxygen atoms in total. The minimum absolute atomic E-state index is 0.134. The van der Waals surface area contributed by atoms with Crippen LogP contribution in [0.25, 0.3) is 0 Å². The molecule has 110 valence electrons. The number of nitrogens with one attached hydrogen (secondary N) is 1. The molecule has 0 atom stereocenters. The molecule has 21 heavy (non-hydrogen) atoms. The van der Waals surface area contributed by atoms with E-state index in [0.717, 1.165) is 11.8 Å². The lowest BCUT2D eigenvalue weighted by Crippen LogP contribution is -2.14. The first-order valence-electron chi connectivity index (χ1n) is 6.40. The van der Waals surface area contributed by atoms with E-state index >= 15 is 0 Å².